The average molecular weight is 339 g/mol. The van der Waals surface area contributed by atoms with Crippen molar-refractivity contribution in [3.05, 3.63) is 34.9 Å². The number of aliphatic hydroxyl groups excluding tert-OH is 1. The minimum absolute atomic E-state index is 0.0748. The van der Waals surface area contributed by atoms with E-state index in [1.807, 2.05) is 0 Å². The number of carbonyl (C=O) groups is 1. The molecule has 128 valence electrons. The third-order valence-electron chi connectivity index (χ3n) is 4.67. The molecule has 5 heteroatoms. The Labute approximate surface area is 143 Å². The van der Waals surface area contributed by atoms with Gasteiger partial charge in [-0.3, -0.25) is 9.69 Å². The highest BCUT2D eigenvalue weighted by atomic mass is 35.5. The third kappa shape index (κ3) is 5.79. The molecule has 1 aromatic rings. The van der Waals surface area contributed by atoms with E-state index in [1.165, 1.54) is 12.8 Å². The molecule has 0 aromatic heterocycles. The van der Waals surface area contributed by atoms with Crippen molar-refractivity contribution in [2.75, 3.05) is 19.6 Å². The number of likely N-dealkylation sites (tertiary alicyclic amines) is 1. The molecule has 2 N–H and O–H groups in total. The fourth-order valence-corrected chi connectivity index (χ4v) is 3.04. The molecule has 1 saturated heterocycles. The lowest BCUT2D eigenvalue weighted by Crippen LogP contribution is -2.45. The highest BCUT2D eigenvalue weighted by molar-refractivity contribution is 6.30. The second-order valence-electron chi connectivity index (χ2n) is 6.64. The maximum atomic E-state index is 12.0. The number of halogens is 1. The topological polar surface area (TPSA) is 52.6 Å². The summed E-state index contributed by atoms with van der Waals surface area (Å²) in [7, 11) is 0. The van der Waals surface area contributed by atoms with E-state index in [9.17, 15) is 9.90 Å². The molecule has 1 heterocycles. The lowest BCUT2D eigenvalue weighted by molar-refractivity contribution is -0.123. The number of rotatable bonds is 6. The molecule has 0 bridgehead atoms. The predicted octanol–water partition coefficient (Wildman–Crippen LogP) is 3.00. The average Bonchev–Trinajstić information content (AvgIpc) is 2.54. The minimum Gasteiger partial charge on any atom is -0.388 e. The summed E-state index contributed by atoms with van der Waals surface area (Å²) in [6.45, 7) is 7.27. The first-order chi connectivity index (χ1) is 11.0. The smallest absolute Gasteiger partial charge is 0.223 e. The molecule has 1 amide bonds. The number of carbonyl (C=O) groups excluding carboxylic acids is 1. The SMILES string of the molecule is CC1CCN(C(C)CNC(=O)CC(O)c2ccc(Cl)cc2)CC1. The Balaban J connectivity index is 1.73. The van der Waals surface area contributed by atoms with Crippen molar-refractivity contribution in [2.45, 2.75) is 45.3 Å². The molecule has 2 unspecified atom stereocenters. The summed E-state index contributed by atoms with van der Waals surface area (Å²) in [4.78, 5) is 14.4. The summed E-state index contributed by atoms with van der Waals surface area (Å²) in [5.41, 5.74) is 0.711. The van der Waals surface area contributed by atoms with Crippen LogP contribution in [0.4, 0.5) is 0 Å². The van der Waals surface area contributed by atoms with Crippen molar-refractivity contribution < 1.29 is 9.90 Å². The molecule has 1 fully saturated rings. The van der Waals surface area contributed by atoms with E-state index in [0.29, 0.717) is 23.2 Å². The molecule has 0 spiro atoms. The molecule has 1 aliphatic heterocycles. The van der Waals surface area contributed by atoms with Crippen LogP contribution in [-0.4, -0.2) is 41.6 Å². The van der Waals surface area contributed by atoms with Gasteiger partial charge in [-0.15, -0.1) is 0 Å². The van der Waals surface area contributed by atoms with Crippen molar-refractivity contribution in [2.24, 2.45) is 5.92 Å². The first kappa shape index (κ1) is 18.2. The van der Waals surface area contributed by atoms with E-state index >= 15 is 0 Å². The maximum Gasteiger partial charge on any atom is 0.223 e. The minimum atomic E-state index is -0.793. The molecular formula is C18H27ClN2O2. The van der Waals surface area contributed by atoms with Crippen LogP contribution in [0.25, 0.3) is 0 Å². The Hall–Kier alpha value is -1.10. The molecule has 1 aromatic carbocycles. The van der Waals surface area contributed by atoms with Crippen molar-refractivity contribution in [1.29, 1.82) is 0 Å². The van der Waals surface area contributed by atoms with E-state index in [1.54, 1.807) is 24.3 Å². The number of benzene rings is 1. The van der Waals surface area contributed by atoms with Crippen molar-refractivity contribution in [3.8, 4) is 0 Å². The molecule has 2 atom stereocenters. The second kappa shape index (κ2) is 8.67. The zero-order chi connectivity index (χ0) is 16.8. The Kier molecular flexibility index (Phi) is 6.88. The van der Waals surface area contributed by atoms with E-state index in [0.717, 1.165) is 19.0 Å². The summed E-state index contributed by atoms with van der Waals surface area (Å²) in [5.74, 6) is 0.687. The normalized spacial score (nSPS) is 19.3. The Morgan fingerprint density at radius 3 is 2.57 bits per heavy atom. The van der Waals surface area contributed by atoms with Gasteiger partial charge in [0.1, 0.15) is 0 Å². The highest BCUT2D eigenvalue weighted by Gasteiger charge is 2.21. The van der Waals surface area contributed by atoms with Crippen molar-refractivity contribution in [1.82, 2.24) is 10.2 Å². The monoisotopic (exact) mass is 338 g/mol. The molecular weight excluding hydrogens is 312 g/mol. The van der Waals surface area contributed by atoms with Gasteiger partial charge in [-0.25, -0.2) is 0 Å². The Morgan fingerprint density at radius 2 is 1.96 bits per heavy atom. The van der Waals surface area contributed by atoms with Gasteiger partial charge in [-0.1, -0.05) is 30.7 Å². The zero-order valence-corrected chi connectivity index (χ0v) is 14.7. The van der Waals surface area contributed by atoms with E-state index in [2.05, 4.69) is 24.1 Å². The fraction of sp³-hybridized carbons (Fsp3) is 0.611. The van der Waals surface area contributed by atoms with Gasteiger partial charge in [-0.05, 0) is 56.5 Å². The number of amides is 1. The van der Waals surface area contributed by atoms with Crippen LogP contribution in [0.3, 0.4) is 0 Å². The van der Waals surface area contributed by atoms with Crippen LogP contribution in [-0.2, 0) is 4.79 Å². The van der Waals surface area contributed by atoms with Gasteiger partial charge in [0.25, 0.3) is 0 Å². The molecule has 2 rings (SSSR count). The van der Waals surface area contributed by atoms with Crippen LogP contribution in [0.2, 0.25) is 5.02 Å². The van der Waals surface area contributed by atoms with Gasteiger partial charge in [0.05, 0.1) is 12.5 Å². The fourth-order valence-electron chi connectivity index (χ4n) is 2.91. The number of piperidine rings is 1. The summed E-state index contributed by atoms with van der Waals surface area (Å²) >= 11 is 5.82. The number of hydrogen-bond donors (Lipinski definition) is 2. The predicted molar refractivity (Wildman–Crippen MR) is 93.5 cm³/mol. The summed E-state index contributed by atoms with van der Waals surface area (Å²) < 4.78 is 0. The largest absolute Gasteiger partial charge is 0.388 e. The van der Waals surface area contributed by atoms with E-state index in [4.69, 9.17) is 11.6 Å². The molecule has 0 saturated carbocycles. The molecule has 4 nitrogen and oxygen atoms in total. The maximum absolute atomic E-state index is 12.0. The number of hydrogen-bond acceptors (Lipinski definition) is 3. The lowest BCUT2D eigenvalue weighted by atomic mass is 9.98. The molecule has 1 aliphatic rings. The first-order valence-electron chi connectivity index (χ1n) is 8.40. The van der Waals surface area contributed by atoms with Crippen LogP contribution in [0.1, 0.15) is 44.8 Å². The van der Waals surface area contributed by atoms with Gasteiger partial charge < -0.3 is 10.4 Å². The first-order valence-corrected chi connectivity index (χ1v) is 8.77. The van der Waals surface area contributed by atoms with Crippen molar-refractivity contribution >= 4 is 17.5 Å². The van der Waals surface area contributed by atoms with Crippen molar-refractivity contribution in [3.63, 3.8) is 0 Å². The third-order valence-corrected chi connectivity index (χ3v) is 4.92. The van der Waals surface area contributed by atoms with E-state index < -0.39 is 6.10 Å². The molecule has 23 heavy (non-hydrogen) atoms. The highest BCUT2D eigenvalue weighted by Crippen LogP contribution is 2.19. The number of aliphatic hydroxyl groups is 1. The van der Waals surface area contributed by atoms with Crippen LogP contribution < -0.4 is 5.32 Å². The number of nitrogens with zero attached hydrogens (tertiary/aromatic N) is 1. The van der Waals surface area contributed by atoms with Gasteiger partial charge in [0, 0.05) is 17.6 Å². The van der Waals surface area contributed by atoms with Gasteiger partial charge in [0.2, 0.25) is 5.91 Å². The van der Waals surface area contributed by atoms with Crippen LogP contribution in [0.15, 0.2) is 24.3 Å². The van der Waals surface area contributed by atoms with Gasteiger partial charge in [-0.2, -0.15) is 0 Å². The van der Waals surface area contributed by atoms with Gasteiger partial charge >= 0.3 is 0 Å². The van der Waals surface area contributed by atoms with E-state index in [-0.39, 0.29) is 12.3 Å². The quantitative estimate of drug-likeness (QED) is 0.838. The summed E-state index contributed by atoms with van der Waals surface area (Å²) in [5, 5.41) is 13.7. The van der Waals surface area contributed by atoms with Crippen LogP contribution in [0, 0.1) is 5.92 Å². The second-order valence-corrected chi connectivity index (χ2v) is 7.08. The molecule has 0 radical (unpaired) electrons. The van der Waals surface area contributed by atoms with Gasteiger partial charge in [0.15, 0.2) is 0 Å². The van der Waals surface area contributed by atoms with Crippen LogP contribution in [0.5, 0.6) is 0 Å². The summed E-state index contributed by atoms with van der Waals surface area (Å²) in [6.07, 6.45) is 1.74. The summed E-state index contributed by atoms with van der Waals surface area (Å²) in [6, 6.07) is 7.27. The molecule has 0 aliphatic carbocycles. The number of nitrogens with one attached hydrogen (secondary N) is 1. The Bertz CT molecular complexity index is 498. The zero-order valence-electron chi connectivity index (χ0n) is 14.0. The standard InChI is InChI=1S/C18H27ClN2O2/c1-13-7-9-21(10-8-13)14(2)12-20-18(23)11-17(22)15-3-5-16(19)6-4-15/h3-6,13-14,17,22H,7-12H2,1-2H3,(H,20,23). The van der Waals surface area contributed by atoms with Crippen LogP contribution >= 0.6 is 11.6 Å². The Morgan fingerprint density at radius 1 is 1.35 bits per heavy atom. The lowest BCUT2D eigenvalue weighted by Gasteiger charge is -2.35.